The van der Waals surface area contributed by atoms with E-state index in [1.807, 2.05) is 6.92 Å². The van der Waals surface area contributed by atoms with E-state index in [1.54, 1.807) is 19.2 Å². The fourth-order valence-corrected chi connectivity index (χ4v) is 2.47. The fourth-order valence-electron chi connectivity index (χ4n) is 2.08. The second-order valence-corrected chi connectivity index (χ2v) is 6.21. The second-order valence-electron chi connectivity index (χ2n) is 5.36. The van der Waals surface area contributed by atoms with Crippen LogP contribution in [0.2, 0.25) is 0 Å². The highest BCUT2D eigenvalue weighted by Crippen LogP contribution is 2.22. The highest BCUT2D eigenvalue weighted by molar-refractivity contribution is 9.10. The van der Waals surface area contributed by atoms with Crippen LogP contribution in [0.25, 0.3) is 0 Å². The van der Waals surface area contributed by atoms with Gasteiger partial charge in [0.2, 0.25) is 5.91 Å². The van der Waals surface area contributed by atoms with Crippen molar-refractivity contribution in [2.75, 3.05) is 7.05 Å². The molecule has 0 bridgehead atoms. The molecule has 0 fully saturated rings. The van der Waals surface area contributed by atoms with Crippen LogP contribution in [0.3, 0.4) is 0 Å². The molecule has 0 aliphatic rings. The molecule has 0 aliphatic heterocycles. The minimum absolute atomic E-state index is 0.0215. The maximum atomic E-state index is 13.2. The minimum Gasteiger partial charge on any atom is -0.358 e. The van der Waals surface area contributed by atoms with Crippen LogP contribution in [0, 0.1) is 11.7 Å². The lowest BCUT2D eigenvalue weighted by atomic mass is 10.0. The highest BCUT2D eigenvalue weighted by Gasteiger charge is 2.21. The van der Waals surface area contributed by atoms with Crippen LogP contribution >= 0.6 is 15.9 Å². The van der Waals surface area contributed by atoms with Gasteiger partial charge in [-0.3, -0.25) is 10.1 Å². The molecular formula is C15H22BrFN2O. The molecule has 2 atom stereocenters. The number of likely N-dealkylation sites (N-methyl/N-ethyl adjacent to an activating group) is 1. The molecule has 5 heteroatoms. The summed E-state index contributed by atoms with van der Waals surface area (Å²) in [5, 5.41) is 5.98. The summed E-state index contributed by atoms with van der Waals surface area (Å²) in [7, 11) is 1.64. The molecule has 0 aromatic heterocycles. The Hall–Kier alpha value is -0.940. The van der Waals surface area contributed by atoms with Gasteiger partial charge in [-0.05, 0) is 52.9 Å². The van der Waals surface area contributed by atoms with Crippen molar-refractivity contribution >= 4 is 21.8 Å². The molecule has 1 rings (SSSR count). The van der Waals surface area contributed by atoms with E-state index in [-0.39, 0.29) is 23.8 Å². The van der Waals surface area contributed by atoms with Gasteiger partial charge in [-0.15, -0.1) is 0 Å². The molecule has 2 unspecified atom stereocenters. The van der Waals surface area contributed by atoms with Crippen molar-refractivity contribution < 1.29 is 9.18 Å². The van der Waals surface area contributed by atoms with E-state index < -0.39 is 0 Å². The van der Waals surface area contributed by atoms with Crippen LogP contribution in [0.5, 0.6) is 0 Å². The predicted octanol–water partition coefficient (Wildman–Crippen LogP) is 3.40. The van der Waals surface area contributed by atoms with Crippen molar-refractivity contribution in [1.29, 1.82) is 0 Å². The predicted molar refractivity (Wildman–Crippen MR) is 83.0 cm³/mol. The molecule has 0 spiro atoms. The van der Waals surface area contributed by atoms with Crippen LogP contribution in [-0.2, 0) is 4.79 Å². The van der Waals surface area contributed by atoms with Crippen molar-refractivity contribution in [3.63, 3.8) is 0 Å². The number of hydrogen-bond acceptors (Lipinski definition) is 2. The summed E-state index contributed by atoms with van der Waals surface area (Å²) in [4.78, 5) is 11.9. The van der Waals surface area contributed by atoms with Crippen LogP contribution in [0.15, 0.2) is 22.7 Å². The van der Waals surface area contributed by atoms with Gasteiger partial charge in [0, 0.05) is 13.1 Å². The van der Waals surface area contributed by atoms with Crippen LogP contribution in [0.1, 0.15) is 38.8 Å². The Labute approximate surface area is 128 Å². The lowest BCUT2D eigenvalue weighted by Gasteiger charge is -2.24. The lowest BCUT2D eigenvalue weighted by molar-refractivity contribution is -0.123. The Balaban J connectivity index is 2.81. The third kappa shape index (κ3) is 4.87. The molecule has 3 nitrogen and oxygen atoms in total. The highest BCUT2D eigenvalue weighted by atomic mass is 79.9. The number of rotatable bonds is 6. The average Bonchev–Trinajstić information content (AvgIpc) is 2.39. The van der Waals surface area contributed by atoms with Crippen molar-refractivity contribution in [1.82, 2.24) is 10.6 Å². The lowest BCUT2D eigenvalue weighted by Crippen LogP contribution is -2.44. The van der Waals surface area contributed by atoms with Crippen LogP contribution in [-0.4, -0.2) is 19.0 Å². The normalized spacial score (nSPS) is 14.2. The third-order valence-electron chi connectivity index (χ3n) is 3.16. The van der Waals surface area contributed by atoms with Gasteiger partial charge >= 0.3 is 0 Å². The molecule has 0 saturated carbocycles. The first-order valence-electron chi connectivity index (χ1n) is 6.77. The Bertz CT molecular complexity index is 465. The van der Waals surface area contributed by atoms with Gasteiger partial charge in [0.05, 0.1) is 10.5 Å². The zero-order valence-corrected chi connectivity index (χ0v) is 13.9. The summed E-state index contributed by atoms with van der Waals surface area (Å²) in [6.45, 7) is 6.13. The summed E-state index contributed by atoms with van der Waals surface area (Å²) >= 11 is 3.18. The number of benzene rings is 1. The Morgan fingerprint density at radius 1 is 1.35 bits per heavy atom. The number of amides is 1. The van der Waals surface area contributed by atoms with E-state index in [9.17, 15) is 9.18 Å². The summed E-state index contributed by atoms with van der Waals surface area (Å²) < 4.78 is 13.7. The molecule has 0 aliphatic carbocycles. The number of carbonyl (C=O) groups is 1. The SMILES string of the molecule is CNC(=O)C(CC(C)C)NC(C)c1ccc(F)c(Br)c1. The summed E-state index contributed by atoms with van der Waals surface area (Å²) in [6, 6.07) is 4.61. The van der Waals surface area contributed by atoms with E-state index in [1.165, 1.54) is 6.07 Å². The Morgan fingerprint density at radius 3 is 2.50 bits per heavy atom. The Morgan fingerprint density at radius 2 is 2.00 bits per heavy atom. The van der Waals surface area contributed by atoms with Crippen molar-refractivity contribution in [3.8, 4) is 0 Å². The maximum Gasteiger partial charge on any atom is 0.236 e. The van der Waals surface area contributed by atoms with Gasteiger partial charge in [-0.2, -0.15) is 0 Å². The summed E-state index contributed by atoms with van der Waals surface area (Å²) in [5.41, 5.74) is 0.941. The zero-order valence-electron chi connectivity index (χ0n) is 12.3. The quantitative estimate of drug-likeness (QED) is 0.830. The van der Waals surface area contributed by atoms with Crippen molar-refractivity contribution in [2.24, 2.45) is 5.92 Å². The fraction of sp³-hybridized carbons (Fsp3) is 0.533. The molecule has 112 valence electrons. The largest absolute Gasteiger partial charge is 0.358 e. The van der Waals surface area contributed by atoms with Crippen molar-refractivity contribution in [3.05, 3.63) is 34.1 Å². The van der Waals surface area contributed by atoms with E-state index in [4.69, 9.17) is 0 Å². The molecule has 1 aromatic carbocycles. The molecule has 1 amide bonds. The van der Waals surface area contributed by atoms with Crippen molar-refractivity contribution in [2.45, 2.75) is 39.3 Å². The second kappa shape index (κ2) is 7.74. The number of halogens is 2. The van der Waals surface area contributed by atoms with Gasteiger partial charge in [0.25, 0.3) is 0 Å². The minimum atomic E-state index is -0.286. The van der Waals surface area contributed by atoms with E-state index in [0.717, 1.165) is 12.0 Å². The standard InChI is InChI=1S/C15H22BrFN2O/c1-9(2)7-14(15(20)18-4)19-10(3)11-5-6-13(17)12(16)8-11/h5-6,8-10,14,19H,7H2,1-4H3,(H,18,20). The van der Waals surface area contributed by atoms with Gasteiger partial charge in [0.1, 0.15) is 5.82 Å². The van der Waals surface area contributed by atoms with Crippen LogP contribution < -0.4 is 10.6 Å². The number of hydrogen-bond donors (Lipinski definition) is 2. The van der Waals surface area contributed by atoms with E-state index in [2.05, 4.69) is 40.4 Å². The first-order valence-corrected chi connectivity index (χ1v) is 7.57. The monoisotopic (exact) mass is 344 g/mol. The molecule has 0 heterocycles. The van der Waals surface area contributed by atoms with E-state index in [0.29, 0.717) is 10.4 Å². The van der Waals surface area contributed by atoms with Crippen LogP contribution in [0.4, 0.5) is 4.39 Å². The maximum absolute atomic E-state index is 13.2. The smallest absolute Gasteiger partial charge is 0.236 e. The summed E-state index contributed by atoms with van der Waals surface area (Å²) in [6.07, 6.45) is 0.756. The molecule has 0 saturated heterocycles. The van der Waals surface area contributed by atoms with Gasteiger partial charge in [0.15, 0.2) is 0 Å². The van der Waals surface area contributed by atoms with Gasteiger partial charge in [-0.25, -0.2) is 4.39 Å². The number of carbonyl (C=O) groups excluding carboxylic acids is 1. The molecule has 1 aromatic rings. The zero-order chi connectivity index (χ0) is 15.3. The first-order chi connectivity index (χ1) is 9.35. The molecular weight excluding hydrogens is 323 g/mol. The first kappa shape index (κ1) is 17.1. The third-order valence-corrected chi connectivity index (χ3v) is 3.77. The average molecular weight is 345 g/mol. The topological polar surface area (TPSA) is 41.1 Å². The molecule has 0 radical (unpaired) electrons. The molecule has 2 N–H and O–H groups in total. The van der Waals surface area contributed by atoms with E-state index >= 15 is 0 Å². The van der Waals surface area contributed by atoms with Gasteiger partial charge < -0.3 is 5.32 Å². The van der Waals surface area contributed by atoms with Gasteiger partial charge in [-0.1, -0.05) is 19.9 Å². The number of nitrogens with one attached hydrogen (secondary N) is 2. The molecule has 20 heavy (non-hydrogen) atoms. The summed E-state index contributed by atoms with van der Waals surface area (Å²) in [5.74, 6) is 0.106. The Kier molecular flexibility index (Phi) is 6.62.